The first-order valence-corrected chi connectivity index (χ1v) is 9.90. The third kappa shape index (κ3) is 4.05. The van der Waals surface area contributed by atoms with Gasteiger partial charge < -0.3 is 9.84 Å². The molecule has 2 aromatic rings. The third-order valence-corrected chi connectivity index (χ3v) is 6.10. The number of nitrogens with one attached hydrogen (secondary N) is 1. The number of carbonyl (C=O) groups is 1. The van der Waals surface area contributed by atoms with Crippen LogP contribution < -0.4 is 5.32 Å². The fourth-order valence-corrected chi connectivity index (χ4v) is 4.85. The molecule has 0 aliphatic heterocycles. The van der Waals surface area contributed by atoms with Crippen molar-refractivity contribution in [3.63, 3.8) is 0 Å². The van der Waals surface area contributed by atoms with Crippen LogP contribution in [0.2, 0.25) is 0 Å². The quantitative estimate of drug-likeness (QED) is 0.660. The minimum absolute atomic E-state index is 0.0591. The van der Waals surface area contributed by atoms with E-state index in [2.05, 4.69) is 15.5 Å². The van der Waals surface area contributed by atoms with Crippen molar-refractivity contribution in [1.29, 1.82) is 0 Å². The molecular formula is C18H16F5N3O2S. The molecule has 0 aromatic carbocycles. The minimum Gasteiger partial charge on any atom is -0.334 e. The third-order valence-electron chi connectivity index (χ3n) is 4.95. The van der Waals surface area contributed by atoms with E-state index in [-0.39, 0.29) is 17.0 Å². The monoisotopic (exact) mass is 433 g/mol. The Balaban J connectivity index is 1.74. The van der Waals surface area contributed by atoms with Crippen molar-refractivity contribution in [2.75, 3.05) is 5.32 Å². The van der Waals surface area contributed by atoms with Crippen LogP contribution in [0, 0.1) is 0 Å². The topological polar surface area (TPSA) is 68.0 Å². The Bertz CT molecular complexity index is 977. The number of fused-ring (bicyclic) bond motifs is 1. The van der Waals surface area contributed by atoms with E-state index < -0.39 is 42.6 Å². The largest absolute Gasteiger partial charge is 0.455 e. The summed E-state index contributed by atoms with van der Waals surface area (Å²) in [7, 11) is 0. The lowest BCUT2D eigenvalue weighted by Crippen LogP contribution is -2.24. The zero-order chi connectivity index (χ0) is 20.8. The molecule has 2 aliphatic carbocycles. The molecule has 0 atom stereocenters. The molecule has 29 heavy (non-hydrogen) atoms. The molecule has 2 heterocycles. The van der Waals surface area contributed by atoms with Gasteiger partial charge in [-0.25, -0.2) is 8.78 Å². The summed E-state index contributed by atoms with van der Waals surface area (Å²) in [6.07, 6.45) is -0.845. The van der Waals surface area contributed by atoms with E-state index in [1.807, 2.05) is 6.08 Å². The van der Waals surface area contributed by atoms with Crippen LogP contribution in [-0.2, 0) is 23.8 Å². The van der Waals surface area contributed by atoms with Crippen LogP contribution in [0.25, 0.3) is 11.5 Å². The van der Waals surface area contributed by atoms with Gasteiger partial charge in [0, 0.05) is 23.3 Å². The standard InChI is InChI=1S/C18H16F5N3O2S/c19-17(20)7-6-10-11(8-17)29-15(24-13(27)9-4-2-1-3-5-9)12(10)14-25-16(26-28-14)18(21,22)23/h4H,1-3,5-8H2,(H,24,27). The average Bonchev–Trinajstić information content (AvgIpc) is 3.25. The smallest absolute Gasteiger partial charge is 0.334 e. The van der Waals surface area contributed by atoms with E-state index in [0.29, 0.717) is 22.4 Å². The van der Waals surface area contributed by atoms with E-state index in [0.717, 1.165) is 30.6 Å². The van der Waals surface area contributed by atoms with Crippen LogP contribution >= 0.6 is 11.3 Å². The molecule has 156 valence electrons. The summed E-state index contributed by atoms with van der Waals surface area (Å²) in [5, 5.41) is 5.78. The SMILES string of the molecule is O=C(Nc1sc2c(c1-c1nc(C(F)(F)F)no1)CCC(F)(F)C2)C1=CCCCC1. The Morgan fingerprint density at radius 2 is 2.03 bits per heavy atom. The van der Waals surface area contributed by atoms with Crippen molar-refractivity contribution in [2.24, 2.45) is 0 Å². The Morgan fingerprint density at radius 1 is 1.24 bits per heavy atom. The number of rotatable bonds is 3. The van der Waals surface area contributed by atoms with Gasteiger partial charge >= 0.3 is 6.18 Å². The molecule has 0 fully saturated rings. The van der Waals surface area contributed by atoms with E-state index in [1.54, 1.807) is 0 Å². The van der Waals surface area contributed by atoms with Crippen LogP contribution in [-0.4, -0.2) is 22.0 Å². The lowest BCUT2D eigenvalue weighted by Gasteiger charge is -2.21. The van der Waals surface area contributed by atoms with Crippen LogP contribution in [0.3, 0.4) is 0 Å². The van der Waals surface area contributed by atoms with Gasteiger partial charge in [-0.3, -0.25) is 4.79 Å². The first-order chi connectivity index (χ1) is 13.6. The first-order valence-electron chi connectivity index (χ1n) is 9.08. The van der Waals surface area contributed by atoms with E-state index in [1.165, 1.54) is 0 Å². The number of nitrogens with zero attached hydrogens (tertiary/aromatic N) is 2. The number of carbonyl (C=O) groups excluding carboxylic acids is 1. The number of allylic oxidation sites excluding steroid dienone is 1. The predicted molar refractivity (Wildman–Crippen MR) is 94.8 cm³/mol. The Kier molecular flexibility index (Phi) is 4.96. The number of thiophene rings is 1. The van der Waals surface area contributed by atoms with E-state index >= 15 is 0 Å². The van der Waals surface area contributed by atoms with Crippen LogP contribution in [0.15, 0.2) is 16.2 Å². The lowest BCUT2D eigenvalue weighted by molar-refractivity contribution is -0.146. The summed E-state index contributed by atoms with van der Waals surface area (Å²) in [5.74, 6) is -5.20. The Labute approximate surface area is 166 Å². The summed E-state index contributed by atoms with van der Waals surface area (Å²) in [5.41, 5.74) is 1.10. The highest BCUT2D eigenvalue weighted by atomic mass is 32.1. The predicted octanol–water partition coefficient (Wildman–Crippen LogP) is 5.38. The van der Waals surface area contributed by atoms with Crippen LogP contribution in [0.5, 0.6) is 0 Å². The molecule has 5 nitrogen and oxygen atoms in total. The van der Waals surface area contributed by atoms with Crippen molar-refractivity contribution >= 4 is 22.2 Å². The molecule has 1 amide bonds. The van der Waals surface area contributed by atoms with Crippen LogP contribution in [0.4, 0.5) is 27.0 Å². The second-order valence-corrected chi connectivity index (χ2v) is 8.20. The van der Waals surface area contributed by atoms with Gasteiger partial charge in [0.1, 0.15) is 5.00 Å². The first kappa shape index (κ1) is 20.0. The Morgan fingerprint density at radius 3 is 2.69 bits per heavy atom. The molecule has 0 bridgehead atoms. The second kappa shape index (κ2) is 7.19. The number of halogens is 5. The molecule has 2 aliphatic rings. The number of hydrogen-bond acceptors (Lipinski definition) is 5. The molecule has 0 radical (unpaired) electrons. The molecule has 0 spiro atoms. The van der Waals surface area contributed by atoms with E-state index in [9.17, 15) is 26.7 Å². The van der Waals surface area contributed by atoms with Gasteiger partial charge in [-0.1, -0.05) is 11.2 Å². The summed E-state index contributed by atoms with van der Waals surface area (Å²) in [6.45, 7) is 0. The highest BCUT2D eigenvalue weighted by Crippen LogP contribution is 2.47. The zero-order valence-electron chi connectivity index (χ0n) is 15.0. The molecule has 0 saturated carbocycles. The zero-order valence-corrected chi connectivity index (χ0v) is 15.9. The van der Waals surface area contributed by atoms with Crippen molar-refractivity contribution in [2.45, 2.75) is 57.0 Å². The number of alkyl halides is 5. The molecule has 11 heteroatoms. The van der Waals surface area contributed by atoms with Crippen molar-refractivity contribution in [1.82, 2.24) is 10.1 Å². The molecule has 2 aromatic heterocycles. The normalized spacial score (nSPS) is 18.9. The fourth-order valence-electron chi connectivity index (χ4n) is 3.53. The molecule has 4 rings (SSSR count). The maximum absolute atomic E-state index is 13.9. The molecule has 0 saturated heterocycles. The van der Waals surface area contributed by atoms with Crippen molar-refractivity contribution < 1.29 is 31.3 Å². The van der Waals surface area contributed by atoms with Crippen LogP contribution in [0.1, 0.15) is 48.4 Å². The van der Waals surface area contributed by atoms with Gasteiger partial charge in [0.15, 0.2) is 0 Å². The summed E-state index contributed by atoms with van der Waals surface area (Å²) in [4.78, 5) is 16.3. The highest BCUT2D eigenvalue weighted by molar-refractivity contribution is 7.17. The fraction of sp³-hybridized carbons (Fsp3) is 0.500. The molecule has 0 unspecified atom stereocenters. The van der Waals surface area contributed by atoms with E-state index in [4.69, 9.17) is 4.52 Å². The highest BCUT2D eigenvalue weighted by Gasteiger charge is 2.41. The van der Waals surface area contributed by atoms with Gasteiger partial charge in [0.05, 0.1) is 5.56 Å². The summed E-state index contributed by atoms with van der Waals surface area (Å²) >= 11 is 0.920. The van der Waals surface area contributed by atoms with Gasteiger partial charge in [-0.15, -0.1) is 11.3 Å². The number of amides is 1. The van der Waals surface area contributed by atoms with Gasteiger partial charge in [0.25, 0.3) is 23.5 Å². The Hall–Kier alpha value is -2.30. The lowest BCUT2D eigenvalue weighted by atomic mass is 9.92. The van der Waals surface area contributed by atoms with Gasteiger partial charge in [-0.05, 0) is 37.7 Å². The minimum atomic E-state index is -4.80. The second-order valence-electron chi connectivity index (χ2n) is 7.09. The maximum atomic E-state index is 13.9. The summed E-state index contributed by atoms with van der Waals surface area (Å²) < 4.78 is 71.1. The molecular weight excluding hydrogens is 417 g/mol. The average molecular weight is 433 g/mol. The van der Waals surface area contributed by atoms with Crippen molar-refractivity contribution in [3.05, 3.63) is 27.9 Å². The maximum Gasteiger partial charge on any atom is 0.455 e. The molecule has 1 N–H and O–H groups in total. The number of hydrogen-bond donors (Lipinski definition) is 1. The van der Waals surface area contributed by atoms with Gasteiger partial charge in [0.2, 0.25) is 0 Å². The number of anilines is 1. The van der Waals surface area contributed by atoms with Crippen molar-refractivity contribution in [3.8, 4) is 11.5 Å². The van der Waals surface area contributed by atoms with Gasteiger partial charge in [-0.2, -0.15) is 18.2 Å². The summed E-state index contributed by atoms with van der Waals surface area (Å²) in [6, 6.07) is 0. The number of aromatic nitrogens is 2.